The normalized spacial score (nSPS) is 14.7. The van der Waals surface area contributed by atoms with Crippen LogP contribution in [0.5, 0.6) is 11.5 Å². The Kier molecular flexibility index (Phi) is 10.0. The smallest absolute Gasteiger partial charge is 0.338 e. The van der Waals surface area contributed by atoms with Crippen molar-refractivity contribution in [3.63, 3.8) is 0 Å². The van der Waals surface area contributed by atoms with Gasteiger partial charge >= 0.3 is 5.97 Å². The maximum Gasteiger partial charge on any atom is 0.338 e. The molecular formula is C33H29BrClFN2O5S. The van der Waals surface area contributed by atoms with Gasteiger partial charge in [-0.15, -0.1) is 0 Å². The lowest BCUT2D eigenvalue weighted by molar-refractivity contribution is -0.139. The summed E-state index contributed by atoms with van der Waals surface area (Å²) in [6, 6.07) is 16.1. The van der Waals surface area contributed by atoms with E-state index in [0.717, 1.165) is 12.0 Å². The first-order valence-electron chi connectivity index (χ1n) is 14.0. The van der Waals surface area contributed by atoms with E-state index >= 15 is 0 Å². The number of carbonyl (C=O) groups is 1. The van der Waals surface area contributed by atoms with Crippen molar-refractivity contribution in [3.05, 3.63) is 124 Å². The number of hydrogen-bond donors (Lipinski definition) is 0. The number of benzene rings is 3. The summed E-state index contributed by atoms with van der Waals surface area (Å²) in [6.45, 7) is 3.97. The van der Waals surface area contributed by atoms with Gasteiger partial charge < -0.3 is 14.2 Å². The van der Waals surface area contributed by atoms with Crippen LogP contribution in [0.25, 0.3) is 6.08 Å². The van der Waals surface area contributed by atoms with E-state index in [9.17, 15) is 14.0 Å². The summed E-state index contributed by atoms with van der Waals surface area (Å²) in [6.07, 6.45) is 3.00. The van der Waals surface area contributed by atoms with Crippen molar-refractivity contribution in [1.29, 1.82) is 0 Å². The first-order chi connectivity index (χ1) is 21.2. The monoisotopic (exact) mass is 698 g/mol. The number of aromatic nitrogens is 1. The molecule has 11 heteroatoms. The van der Waals surface area contributed by atoms with Crippen LogP contribution in [0, 0.1) is 5.82 Å². The minimum Gasteiger partial charge on any atom is -0.496 e. The zero-order valence-corrected chi connectivity index (χ0v) is 27.4. The van der Waals surface area contributed by atoms with Gasteiger partial charge in [0.15, 0.2) is 4.80 Å². The van der Waals surface area contributed by atoms with Crippen molar-refractivity contribution >= 4 is 50.9 Å². The topological polar surface area (TPSA) is 79.1 Å². The number of fused-ring (bicyclic) bond motifs is 1. The quantitative estimate of drug-likeness (QED) is 0.172. The maximum absolute atomic E-state index is 14.1. The highest BCUT2D eigenvalue weighted by atomic mass is 79.9. The van der Waals surface area contributed by atoms with Crippen molar-refractivity contribution in [2.45, 2.75) is 39.3 Å². The number of nitrogens with zero attached hydrogens (tertiary/aromatic N) is 2. The third kappa shape index (κ3) is 6.52. The summed E-state index contributed by atoms with van der Waals surface area (Å²) >= 11 is 11.2. The molecular weight excluding hydrogens is 671 g/mol. The molecule has 0 aliphatic carbocycles. The summed E-state index contributed by atoms with van der Waals surface area (Å²) in [5, 5.41) is 0.433. The Bertz CT molecular complexity index is 1940. The molecule has 0 spiro atoms. The highest BCUT2D eigenvalue weighted by molar-refractivity contribution is 9.10. The van der Waals surface area contributed by atoms with Crippen molar-refractivity contribution in [2.75, 3.05) is 13.7 Å². The lowest BCUT2D eigenvalue weighted by Gasteiger charge is -2.27. The second-order valence-corrected chi connectivity index (χ2v) is 12.2. The molecule has 0 N–H and O–H groups in total. The zero-order valence-electron chi connectivity index (χ0n) is 24.2. The minimum absolute atomic E-state index is 0.0685. The summed E-state index contributed by atoms with van der Waals surface area (Å²) in [4.78, 5) is 32.8. The van der Waals surface area contributed by atoms with Crippen LogP contribution in [0.3, 0.4) is 0 Å². The molecule has 0 bridgehead atoms. The highest BCUT2D eigenvalue weighted by Gasteiger charge is 2.36. The molecule has 0 amide bonds. The predicted molar refractivity (Wildman–Crippen MR) is 173 cm³/mol. The molecule has 1 aliphatic rings. The number of methoxy groups -OCH3 is 1. The molecule has 0 saturated heterocycles. The first kappa shape index (κ1) is 31.7. The molecule has 0 saturated carbocycles. The molecule has 0 radical (unpaired) electrons. The molecule has 0 fully saturated rings. The molecule has 2 heterocycles. The second-order valence-electron chi connectivity index (χ2n) is 9.87. The summed E-state index contributed by atoms with van der Waals surface area (Å²) < 4.78 is 33.5. The standard InChI is InChI=1S/C33H29BrClFN2O5S/c1-4-8-25-29(32(40)42-5-2)30(22-17-21(35)12-14-26(22)41-3)38-31(39)28(44-33(38)37-25)16-19-11-13-27(23(34)15-19)43-18-20-9-6-7-10-24(20)36/h6-7,9-17,30H,4-5,8,18H2,1-3H3/b28-16+/t30-/m1/s1. The lowest BCUT2D eigenvalue weighted by Crippen LogP contribution is -2.40. The Morgan fingerprint density at radius 2 is 1.91 bits per heavy atom. The molecule has 5 rings (SSSR count). The van der Waals surface area contributed by atoms with Crippen molar-refractivity contribution in [1.82, 2.24) is 4.57 Å². The number of halogens is 3. The highest BCUT2D eigenvalue weighted by Crippen LogP contribution is 2.38. The van der Waals surface area contributed by atoms with Crippen LogP contribution in [0.15, 0.2) is 86.2 Å². The van der Waals surface area contributed by atoms with E-state index in [2.05, 4.69) is 15.9 Å². The third-order valence-corrected chi connectivity index (χ3v) is 8.81. The number of esters is 1. The molecule has 1 aromatic heterocycles. The molecule has 228 valence electrons. The van der Waals surface area contributed by atoms with Gasteiger partial charge in [0.25, 0.3) is 5.56 Å². The van der Waals surface area contributed by atoms with Gasteiger partial charge in [-0.3, -0.25) is 9.36 Å². The van der Waals surface area contributed by atoms with E-state index in [4.69, 9.17) is 30.8 Å². The second kappa shape index (κ2) is 13.9. The number of allylic oxidation sites excluding steroid dienone is 1. The SMILES string of the molecule is CCCC1=C(C(=O)OCC)[C@@H](c2cc(Cl)ccc2OC)n2c(s/c(=C/c3ccc(OCc4ccccc4F)c(Br)c3)c2=O)=N1. The Balaban J connectivity index is 1.61. The number of rotatable bonds is 10. The van der Waals surface area contributed by atoms with Gasteiger partial charge in [0.05, 0.1) is 34.0 Å². The van der Waals surface area contributed by atoms with Crippen LogP contribution in [0.4, 0.5) is 4.39 Å². The number of carbonyl (C=O) groups excluding carboxylic acids is 1. The molecule has 0 unspecified atom stereocenters. The molecule has 7 nitrogen and oxygen atoms in total. The van der Waals surface area contributed by atoms with E-state index in [1.54, 1.807) is 55.5 Å². The van der Waals surface area contributed by atoms with Crippen LogP contribution >= 0.6 is 38.9 Å². The van der Waals surface area contributed by atoms with Gasteiger partial charge in [0.2, 0.25) is 0 Å². The largest absolute Gasteiger partial charge is 0.496 e. The van der Waals surface area contributed by atoms with E-state index < -0.39 is 12.0 Å². The van der Waals surface area contributed by atoms with E-state index in [-0.39, 0.29) is 30.2 Å². The Hall–Kier alpha value is -3.73. The average molecular weight is 700 g/mol. The van der Waals surface area contributed by atoms with Crippen molar-refractivity contribution in [3.8, 4) is 11.5 Å². The van der Waals surface area contributed by atoms with Gasteiger partial charge in [0, 0.05) is 16.1 Å². The predicted octanol–water partition coefficient (Wildman–Crippen LogP) is 6.72. The van der Waals surface area contributed by atoms with Gasteiger partial charge in [0.1, 0.15) is 30.0 Å². The minimum atomic E-state index is -0.858. The number of thiazole rings is 1. The maximum atomic E-state index is 14.1. The Morgan fingerprint density at radius 3 is 2.61 bits per heavy atom. The summed E-state index contributed by atoms with van der Waals surface area (Å²) in [5.41, 5.74) is 2.25. The van der Waals surface area contributed by atoms with Crippen LogP contribution in [-0.4, -0.2) is 24.3 Å². The van der Waals surface area contributed by atoms with Crippen molar-refractivity contribution < 1.29 is 23.4 Å². The van der Waals surface area contributed by atoms with E-state index in [1.807, 2.05) is 19.1 Å². The lowest BCUT2D eigenvalue weighted by atomic mass is 9.93. The van der Waals surface area contributed by atoms with Crippen LogP contribution in [0.1, 0.15) is 49.4 Å². The summed E-state index contributed by atoms with van der Waals surface area (Å²) in [5.74, 6) is 0.125. The molecule has 3 aromatic carbocycles. The fraction of sp³-hybridized carbons (Fsp3) is 0.242. The van der Waals surface area contributed by atoms with Crippen LogP contribution in [-0.2, 0) is 16.1 Å². The fourth-order valence-corrected chi connectivity index (χ4v) is 6.69. The van der Waals surface area contributed by atoms with Gasteiger partial charge in [-0.1, -0.05) is 60.5 Å². The molecule has 44 heavy (non-hydrogen) atoms. The number of hydrogen-bond acceptors (Lipinski definition) is 7. The summed E-state index contributed by atoms with van der Waals surface area (Å²) in [7, 11) is 1.53. The van der Waals surface area contributed by atoms with Gasteiger partial charge in [-0.25, -0.2) is 14.2 Å². The van der Waals surface area contributed by atoms with Crippen LogP contribution in [0.2, 0.25) is 5.02 Å². The van der Waals surface area contributed by atoms with Gasteiger partial charge in [-0.05, 0) is 77.3 Å². The Labute approximate surface area is 271 Å². The number of ether oxygens (including phenoxy) is 3. The molecule has 1 atom stereocenters. The van der Waals surface area contributed by atoms with E-state index in [0.29, 0.717) is 53.6 Å². The van der Waals surface area contributed by atoms with E-state index in [1.165, 1.54) is 29.1 Å². The fourth-order valence-electron chi connectivity index (χ4n) is 4.98. The average Bonchev–Trinajstić information content (AvgIpc) is 3.31. The van der Waals surface area contributed by atoms with Gasteiger partial charge in [-0.2, -0.15) is 0 Å². The third-order valence-electron chi connectivity index (χ3n) is 6.97. The first-order valence-corrected chi connectivity index (χ1v) is 16.0. The molecule has 1 aliphatic heterocycles. The molecule has 4 aromatic rings. The Morgan fingerprint density at radius 1 is 1.14 bits per heavy atom. The zero-order chi connectivity index (χ0) is 31.4. The van der Waals surface area contributed by atoms with Crippen molar-refractivity contribution in [2.24, 2.45) is 4.99 Å². The van der Waals surface area contributed by atoms with Crippen LogP contribution < -0.4 is 24.4 Å².